The third-order valence-electron chi connectivity index (χ3n) is 3.28. The Labute approximate surface area is 125 Å². The minimum Gasteiger partial charge on any atom is -0.271 e. The van der Waals surface area contributed by atoms with Gasteiger partial charge < -0.3 is 0 Å². The van der Waals surface area contributed by atoms with Crippen LogP contribution in [0.2, 0.25) is 0 Å². The highest BCUT2D eigenvalue weighted by molar-refractivity contribution is 7.99. The number of hydrazine groups is 1. The number of hydrogen-bond donors (Lipinski definition) is 2. The molecule has 0 fully saturated rings. The van der Waals surface area contributed by atoms with Gasteiger partial charge in [0.1, 0.15) is 0 Å². The van der Waals surface area contributed by atoms with Crippen molar-refractivity contribution in [2.24, 2.45) is 18.8 Å². The number of nitrogens with two attached hydrogens (primary N) is 1. The smallest absolute Gasteiger partial charge is 0.0719 e. The summed E-state index contributed by atoms with van der Waals surface area (Å²) in [6, 6.07) is 8.60. The first-order valence-corrected chi connectivity index (χ1v) is 8.21. The Balaban J connectivity index is 2.06. The maximum Gasteiger partial charge on any atom is 0.0719 e. The average molecular weight is 292 g/mol. The Bertz CT molecular complexity index is 550. The number of nitrogens with zero attached hydrogens (tertiary/aromatic N) is 2. The third kappa shape index (κ3) is 3.75. The van der Waals surface area contributed by atoms with E-state index in [2.05, 4.69) is 42.6 Å². The molecule has 4 nitrogen and oxygen atoms in total. The fraction of sp³-hybridized carbons (Fsp3) is 0.533. The molecule has 1 unspecified atom stereocenters. The highest BCUT2D eigenvalue weighted by Crippen LogP contribution is 2.19. The number of rotatable bonds is 7. The molecule has 2 aromatic rings. The van der Waals surface area contributed by atoms with Crippen molar-refractivity contribution >= 4 is 22.7 Å². The van der Waals surface area contributed by atoms with Gasteiger partial charge in [-0.25, -0.2) is 0 Å². The second-order valence-electron chi connectivity index (χ2n) is 5.59. The van der Waals surface area contributed by atoms with Gasteiger partial charge in [0.05, 0.1) is 11.2 Å². The van der Waals surface area contributed by atoms with Gasteiger partial charge in [0.25, 0.3) is 0 Å². The van der Waals surface area contributed by atoms with Crippen molar-refractivity contribution in [3.05, 3.63) is 30.0 Å². The van der Waals surface area contributed by atoms with Crippen LogP contribution in [0.4, 0.5) is 0 Å². The minimum absolute atomic E-state index is 0.261. The monoisotopic (exact) mass is 292 g/mol. The molecule has 0 radical (unpaired) electrons. The maximum atomic E-state index is 5.69. The summed E-state index contributed by atoms with van der Waals surface area (Å²) >= 11 is 1.95. The summed E-state index contributed by atoms with van der Waals surface area (Å²) in [7, 11) is 1.99. The topological polar surface area (TPSA) is 55.9 Å². The molecule has 0 aliphatic carbocycles. The minimum atomic E-state index is 0.261. The molecule has 2 rings (SSSR count). The molecule has 20 heavy (non-hydrogen) atoms. The van der Waals surface area contributed by atoms with E-state index in [0.717, 1.165) is 17.9 Å². The van der Waals surface area contributed by atoms with Gasteiger partial charge in [-0.2, -0.15) is 16.9 Å². The normalized spacial score (nSPS) is 13.2. The van der Waals surface area contributed by atoms with Crippen molar-refractivity contribution in [2.75, 3.05) is 11.5 Å². The molecule has 1 aromatic carbocycles. The van der Waals surface area contributed by atoms with Gasteiger partial charge in [0.15, 0.2) is 0 Å². The van der Waals surface area contributed by atoms with Gasteiger partial charge in [-0.1, -0.05) is 32.0 Å². The standard InChI is InChI=1S/C15H24N4S/c1-11(2)9-20-10-12(17-16)8-14-13-6-4-5-7-15(13)19(3)18-14/h4-7,11-12,17H,8-10,16H2,1-3H3. The summed E-state index contributed by atoms with van der Waals surface area (Å²) in [4.78, 5) is 0. The number of thioether (sulfide) groups is 1. The Morgan fingerprint density at radius 3 is 2.75 bits per heavy atom. The predicted molar refractivity (Wildman–Crippen MR) is 87.7 cm³/mol. The molecule has 0 amide bonds. The van der Waals surface area contributed by atoms with Crippen LogP contribution in [-0.4, -0.2) is 27.3 Å². The summed E-state index contributed by atoms with van der Waals surface area (Å²) in [6.07, 6.45) is 0.864. The second kappa shape index (κ2) is 7.11. The Morgan fingerprint density at radius 2 is 2.05 bits per heavy atom. The lowest BCUT2D eigenvalue weighted by Crippen LogP contribution is -2.39. The van der Waals surface area contributed by atoms with Crippen molar-refractivity contribution in [2.45, 2.75) is 26.3 Å². The van der Waals surface area contributed by atoms with Crippen molar-refractivity contribution in [1.29, 1.82) is 0 Å². The van der Waals surface area contributed by atoms with Gasteiger partial charge in [-0.3, -0.25) is 16.0 Å². The summed E-state index contributed by atoms with van der Waals surface area (Å²) < 4.78 is 1.94. The van der Waals surface area contributed by atoms with Gasteiger partial charge >= 0.3 is 0 Å². The lowest BCUT2D eigenvalue weighted by molar-refractivity contribution is 0.565. The fourth-order valence-electron chi connectivity index (χ4n) is 2.28. The molecule has 1 atom stereocenters. The Hall–Kier alpha value is -1.04. The van der Waals surface area contributed by atoms with Gasteiger partial charge in [-0.05, 0) is 17.7 Å². The first kappa shape index (κ1) is 15.4. The highest BCUT2D eigenvalue weighted by atomic mass is 32.2. The molecule has 1 aromatic heterocycles. The summed E-state index contributed by atoms with van der Waals surface area (Å²) in [5, 5.41) is 5.86. The number of fused-ring (bicyclic) bond motifs is 1. The van der Waals surface area contributed by atoms with E-state index < -0.39 is 0 Å². The van der Waals surface area contributed by atoms with Crippen molar-refractivity contribution < 1.29 is 0 Å². The van der Waals surface area contributed by atoms with E-state index in [-0.39, 0.29) is 6.04 Å². The molecule has 0 saturated carbocycles. The number of para-hydroxylation sites is 1. The number of aromatic nitrogens is 2. The van der Waals surface area contributed by atoms with Crippen LogP contribution in [0, 0.1) is 5.92 Å². The predicted octanol–water partition coefficient (Wildman–Crippen LogP) is 2.34. The molecule has 110 valence electrons. The number of nitrogens with one attached hydrogen (secondary N) is 1. The summed E-state index contributed by atoms with van der Waals surface area (Å²) in [5.41, 5.74) is 5.22. The first-order chi connectivity index (χ1) is 9.61. The molecule has 3 N–H and O–H groups in total. The molecular weight excluding hydrogens is 268 g/mol. The summed E-state index contributed by atoms with van der Waals surface area (Å²) in [5.74, 6) is 8.59. The van der Waals surface area contributed by atoms with Crippen LogP contribution in [-0.2, 0) is 13.5 Å². The zero-order valence-electron chi connectivity index (χ0n) is 12.5. The number of aryl methyl sites for hydroxylation is 1. The van der Waals surface area contributed by atoms with Gasteiger partial charge in [0, 0.05) is 30.6 Å². The molecule has 0 aliphatic heterocycles. The third-order valence-corrected chi connectivity index (χ3v) is 4.82. The van der Waals surface area contributed by atoms with Crippen LogP contribution in [0.3, 0.4) is 0 Å². The first-order valence-electron chi connectivity index (χ1n) is 7.06. The fourth-order valence-corrected chi connectivity index (χ4v) is 3.39. The van der Waals surface area contributed by atoms with E-state index in [1.54, 1.807) is 0 Å². The molecule has 1 heterocycles. The molecular formula is C15H24N4S. The van der Waals surface area contributed by atoms with E-state index in [9.17, 15) is 0 Å². The van der Waals surface area contributed by atoms with E-state index in [0.29, 0.717) is 5.92 Å². The number of hydrogen-bond acceptors (Lipinski definition) is 4. The van der Waals surface area contributed by atoms with Crippen LogP contribution in [0.15, 0.2) is 24.3 Å². The van der Waals surface area contributed by atoms with Crippen LogP contribution in [0.25, 0.3) is 10.9 Å². The van der Waals surface area contributed by atoms with Crippen molar-refractivity contribution in [3.63, 3.8) is 0 Å². The van der Waals surface area contributed by atoms with E-state index in [1.807, 2.05) is 29.6 Å². The average Bonchev–Trinajstić information content (AvgIpc) is 2.74. The Kier molecular flexibility index (Phi) is 5.46. The van der Waals surface area contributed by atoms with E-state index >= 15 is 0 Å². The zero-order chi connectivity index (χ0) is 14.5. The molecule has 0 spiro atoms. The van der Waals surface area contributed by atoms with Crippen LogP contribution < -0.4 is 11.3 Å². The summed E-state index contributed by atoms with van der Waals surface area (Å²) in [6.45, 7) is 4.48. The molecule has 0 saturated heterocycles. The van der Waals surface area contributed by atoms with Crippen LogP contribution in [0.5, 0.6) is 0 Å². The van der Waals surface area contributed by atoms with E-state index in [1.165, 1.54) is 16.7 Å². The maximum absolute atomic E-state index is 5.69. The molecule has 5 heteroatoms. The number of benzene rings is 1. The zero-order valence-corrected chi connectivity index (χ0v) is 13.3. The lowest BCUT2D eigenvalue weighted by Gasteiger charge is -2.15. The van der Waals surface area contributed by atoms with E-state index in [4.69, 9.17) is 5.84 Å². The van der Waals surface area contributed by atoms with Gasteiger partial charge in [-0.15, -0.1) is 0 Å². The Morgan fingerprint density at radius 1 is 1.30 bits per heavy atom. The largest absolute Gasteiger partial charge is 0.271 e. The second-order valence-corrected chi connectivity index (χ2v) is 6.66. The SMILES string of the molecule is CC(C)CSCC(Cc1nn(C)c2ccccc12)NN. The van der Waals surface area contributed by atoms with Crippen molar-refractivity contribution in [3.8, 4) is 0 Å². The molecule has 0 bridgehead atoms. The quantitative estimate of drug-likeness (QED) is 0.607. The molecule has 0 aliphatic rings. The lowest BCUT2D eigenvalue weighted by atomic mass is 10.1. The van der Waals surface area contributed by atoms with Gasteiger partial charge in [0.2, 0.25) is 0 Å². The van der Waals surface area contributed by atoms with Crippen LogP contribution in [0.1, 0.15) is 19.5 Å². The highest BCUT2D eigenvalue weighted by Gasteiger charge is 2.14. The van der Waals surface area contributed by atoms with Crippen molar-refractivity contribution in [1.82, 2.24) is 15.2 Å². The van der Waals surface area contributed by atoms with Crippen LogP contribution >= 0.6 is 11.8 Å².